The van der Waals surface area contributed by atoms with Gasteiger partial charge in [0.25, 0.3) is 5.91 Å². The van der Waals surface area contributed by atoms with Crippen LogP contribution in [0.5, 0.6) is 0 Å². The molecule has 0 radical (unpaired) electrons. The molecule has 0 aromatic rings. The van der Waals surface area contributed by atoms with E-state index in [9.17, 15) is 20.1 Å². The second-order valence-corrected chi connectivity index (χ2v) is 5.98. The maximum absolute atomic E-state index is 11.7. The van der Waals surface area contributed by atoms with Crippen LogP contribution < -0.4 is 5.32 Å². The van der Waals surface area contributed by atoms with E-state index in [-0.39, 0.29) is 26.0 Å². The molecule has 0 aliphatic heterocycles. The highest BCUT2D eigenvalue weighted by molar-refractivity contribution is 5.82. The Kier molecular flexibility index (Phi) is 11.5. The van der Waals surface area contributed by atoms with Crippen molar-refractivity contribution in [3.8, 4) is 0 Å². The molecule has 0 aromatic heterocycles. The van der Waals surface area contributed by atoms with Gasteiger partial charge in [-0.2, -0.15) is 0 Å². The van der Waals surface area contributed by atoms with Crippen LogP contribution in [0.25, 0.3) is 0 Å². The fourth-order valence-electron chi connectivity index (χ4n) is 2.10. The van der Waals surface area contributed by atoms with Crippen LogP contribution in [0.1, 0.15) is 40.0 Å². The molecule has 0 aromatic carbocycles. The molecule has 0 bridgehead atoms. The van der Waals surface area contributed by atoms with Crippen molar-refractivity contribution in [2.24, 2.45) is 0 Å². The van der Waals surface area contributed by atoms with Crippen LogP contribution >= 0.6 is 0 Å². The summed E-state index contributed by atoms with van der Waals surface area (Å²) < 4.78 is 0. The van der Waals surface area contributed by atoms with Gasteiger partial charge in [0.05, 0.1) is 24.9 Å². The Hall–Kier alpha value is -1.25. The van der Waals surface area contributed by atoms with Gasteiger partial charge in [0.1, 0.15) is 0 Å². The van der Waals surface area contributed by atoms with Crippen LogP contribution in [0.15, 0.2) is 23.3 Å². The number of hydrogen-bond acceptors (Lipinski definition) is 6. The van der Waals surface area contributed by atoms with E-state index in [4.69, 9.17) is 10.2 Å². The summed E-state index contributed by atoms with van der Waals surface area (Å²) in [5.74, 6) is -0.609. The van der Waals surface area contributed by atoms with Gasteiger partial charge in [-0.15, -0.1) is 0 Å². The molecule has 4 atom stereocenters. The van der Waals surface area contributed by atoms with E-state index in [0.717, 1.165) is 0 Å². The Balaban J connectivity index is 4.42. The highest BCUT2D eigenvalue weighted by Gasteiger charge is 2.14. The fraction of sp³-hybridized carbons (Fsp3) is 0.706. The van der Waals surface area contributed by atoms with Crippen molar-refractivity contribution in [3.63, 3.8) is 0 Å². The normalized spacial score (nSPS) is 18.0. The predicted octanol–water partition coefficient (Wildman–Crippen LogP) is -0.379. The zero-order valence-corrected chi connectivity index (χ0v) is 14.6. The first-order valence-electron chi connectivity index (χ1n) is 8.17. The SMILES string of the molecule is CCC(O)/C(C)=C/C(O)C/C(C)=C/C(O)C(=O)NCCC(O)CO. The summed E-state index contributed by atoms with van der Waals surface area (Å²) >= 11 is 0. The third kappa shape index (κ3) is 9.79. The van der Waals surface area contributed by atoms with E-state index in [0.29, 0.717) is 17.6 Å². The molecule has 0 saturated heterocycles. The molecule has 0 aliphatic rings. The molecule has 1 amide bonds. The Morgan fingerprint density at radius 1 is 1.12 bits per heavy atom. The van der Waals surface area contributed by atoms with Crippen molar-refractivity contribution in [2.45, 2.75) is 64.4 Å². The lowest BCUT2D eigenvalue weighted by molar-refractivity contribution is -0.127. The lowest BCUT2D eigenvalue weighted by Gasteiger charge is -2.13. The van der Waals surface area contributed by atoms with Crippen molar-refractivity contribution < 1.29 is 30.3 Å². The number of aliphatic hydroxyl groups excluding tert-OH is 5. The third-order valence-corrected chi connectivity index (χ3v) is 3.60. The molecule has 0 rings (SSSR count). The lowest BCUT2D eigenvalue weighted by atomic mass is 10.0. The Morgan fingerprint density at radius 3 is 2.29 bits per heavy atom. The number of amides is 1. The van der Waals surface area contributed by atoms with Crippen molar-refractivity contribution in [3.05, 3.63) is 23.3 Å². The monoisotopic (exact) mass is 345 g/mol. The van der Waals surface area contributed by atoms with Crippen molar-refractivity contribution in [2.75, 3.05) is 13.2 Å². The van der Waals surface area contributed by atoms with Gasteiger partial charge in [-0.1, -0.05) is 18.6 Å². The average Bonchev–Trinajstić information content (AvgIpc) is 2.52. The highest BCUT2D eigenvalue weighted by Crippen LogP contribution is 2.12. The molecule has 24 heavy (non-hydrogen) atoms. The van der Waals surface area contributed by atoms with Gasteiger partial charge < -0.3 is 30.8 Å². The maximum Gasteiger partial charge on any atom is 0.252 e. The van der Waals surface area contributed by atoms with Crippen molar-refractivity contribution in [1.82, 2.24) is 5.32 Å². The molecular weight excluding hydrogens is 314 g/mol. The van der Waals surface area contributed by atoms with E-state index < -0.39 is 30.3 Å². The number of carbonyl (C=O) groups is 1. The van der Waals surface area contributed by atoms with E-state index in [2.05, 4.69) is 5.32 Å². The third-order valence-electron chi connectivity index (χ3n) is 3.60. The Labute approximate surface area is 143 Å². The van der Waals surface area contributed by atoms with Crippen LogP contribution in [0, 0.1) is 0 Å². The first-order valence-corrected chi connectivity index (χ1v) is 8.17. The molecule has 0 spiro atoms. The maximum atomic E-state index is 11.7. The summed E-state index contributed by atoms with van der Waals surface area (Å²) in [6.07, 6.45) is 0.259. The quantitative estimate of drug-likeness (QED) is 0.283. The van der Waals surface area contributed by atoms with Gasteiger partial charge in [-0.3, -0.25) is 4.79 Å². The van der Waals surface area contributed by atoms with E-state index in [1.165, 1.54) is 6.08 Å². The molecule has 7 heteroatoms. The van der Waals surface area contributed by atoms with Gasteiger partial charge in [0.2, 0.25) is 0 Å². The molecule has 0 saturated carbocycles. The van der Waals surface area contributed by atoms with Gasteiger partial charge in [0.15, 0.2) is 6.10 Å². The van der Waals surface area contributed by atoms with Gasteiger partial charge in [-0.05, 0) is 44.8 Å². The summed E-state index contributed by atoms with van der Waals surface area (Å²) in [7, 11) is 0. The van der Waals surface area contributed by atoms with Gasteiger partial charge in [-0.25, -0.2) is 0 Å². The van der Waals surface area contributed by atoms with E-state index in [1.54, 1.807) is 19.9 Å². The molecule has 0 fully saturated rings. The summed E-state index contributed by atoms with van der Waals surface area (Å²) in [6, 6.07) is 0. The minimum absolute atomic E-state index is 0.143. The van der Waals surface area contributed by atoms with Crippen LogP contribution in [0.2, 0.25) is 0 Å². The molecule has 0 aliphatic carbocycles. The summed E-state index contributed by atoms with van der Waals surface area (Å²) in [6.45, 7) is 5.03. The minimum Gasteiger partial charge on any atom is -0.394 e. The lowest BCUT2D eigenvalue weighted by Crippen LogP contribution is -2.35. The summed E-state index contributed by atoms with van der Waals surface area (Å²) in [5.41, 5.74) is 1.31. The molecule has 6 N–H and O–H groups in total. The molecule has 140 valence electrons. The number of aliphatic hydroxyl groups is 5. The molecule has 7 nitrogen and oxygen atoms in total. The van der Waals surface area contributed by atoms with Gasteiger partial charge >= 0.3 is 0 Å². The smallest absolute Gasteiger partial charge is 0.252 e. The fourth-order valence-corrected chi connectivity index (χ4v) is 2.10. The first kappa shape index (κ1) is 22.8. The molecule has 4 unspecified atom stereocenters. The highest BCUT2D eigenvalue weighted by atomic mass is 16.3. The standard InChI is InChI=1S/C17H31NO6/c1-4-15(22)12(3)9-14(21)7-11(2)8-16(23)17(24)18-6-5-13(20)10-19/h8-9,13-16,19-23H,4-7,10H2,1-3H3,(H,18,24)/b11-8+,12-9+. The zero-order valence-electron chi connectivity index (χ0n) is 14.6. The van der Waals surface area contributed by atoms with Crippen molar-refractivity contribution in [1.29, 1.82) is 0 Å². The van der Waals surface area contributed by atoms with Crippen LogP contribution in [-0.4, -0.2) is 69.0 Å². The van der Waals surface area contributed by atoms with E-state index >= 15 is 0 Å². The average molecular weight is 345 g/mol. The minimum atomic E-state index is -1.35. The van der Waals surface area contributed by atoms with Crippen LogP contribution in [0.4, 0.5) is 0 Å². The number of hydrogen-bond donors (Lipinski definition) is 6. The number of rotatable bonds is 11. The van der Waals surface area contributed by atoms with Crippen molar-refractivity contribution >= 4 is 5.91 Å². The van der Waals surface area contributed by atoms with Crippen LogP contribution in [-0.2, 0) is 4.79 Å². The predicted molar refractivity (Wildman–Crippen MR) is 91.2 cm³/mol. The van der Waals surface area contributed by atoms with Crippen LogP contribution in [0.3, 0.4) is 0 Å². The topological polar surface area (TPSA) is 130 Å². The largest absolute Gasteiger partial charge is 0.394 e. The summed E-state index contributed by atoms with van der Waals surface area (Å²) in [4.78, 5) is 11.7. The van der Waals surface area contributed by atoms with Gasteiger partial charge in [0, 0.05) is 6.54 Å². The molecular formula is C17H31NO6. The first-order chi connectivity index (χ1) is 11.2. The number of carbonyl (C=O) groups excluding carboxylic acids is 1. The Morgan fingerprint density at radius 2 is 1.75 bits per heavy atom. The summed E-state index contributed by atoms with van der Waals surface area (Å²) in [5, 5.41) is 49.7. The zero-order chi connectivity index (χ0) is 18.7. The Bertz CT molecular complexity index is 435. The second-order valence-electron chi connectivity index (χ2n) is 5.98. The number of nitrogens with one attached hydrogen (secondary N) is 1. The van der Waals surface area contributed by atoms with E-state index in [1.807, 2.05) is 6.92 Å². The molecule has 0 heterocycles. The second kappa shape index (κ2) is 12.2.